The molecule has 2 nitrogen and oxygen atoms in total. The Hall–Kier alpha value is -1.96. The van der Waals surface area contributed by atoms with Gasteiger partial charge in [0, 0.05) is 16.5 Å². The smallest absolute Gasteiger partial charge is 0.119 e. The molecule has 3 aliphatic rings. The molecule has 1 fully saturated rings. The van der Waals surface area contributed by atoms with Crippen molar-refractivity contribution in [2.45, 2.75) is 31.1 Å². The Morgan fingerprint density at radius 2 is 1.24 bits per heavy atom. The van der Waals surface area contributed by atoms with Gasteiger partial charge >= 0.3 is 0 Å². The number of hydrogen-bond acceptors (Lipinski definition) is 2. The molecular formula is C19H18O2. The van der Waals surface area contributed by atoms with Crippen LogP contribution < -0.4 is 0 Å². The number of fused-ring (bicyclic) bond motifs is 2. The first-order valence-electron chi connectivity index (χ1n) is 7.85. The second kappa shape index (κ2) is 3.62. The van der Waals surface area contributed by atoms with Crippen molar-refractivity contribution in [1.82, 2.24) is 0 Å². The largest absolute Gasteiger partial charge is 0.508 e. The lowest BCUT2D eigenvalue weighted by Gasteiger charge is -2.33. The third kappa shape index (κ3) is 1.17. The van der Waals surface area contributed by atoms with Gasteiger partial charge in [-0.2, -0.15) is 0 Å². The molecule has 106 valence electrons. The molecule has 0 heterocycles. The van der Waals surface area contributed by atoms with Gasteiger partial charge in [-0.1, -0.05) is 24.3 Å². The summed E-state index contributed by atoms with van der Waals surface area (Å²) in [4.78, 5) is 0. The van der Waals surface area contributed by atoms with Crippen LogP contribution in [0, 0.1) is 11.8 Å². The first-order valence-corrected chi connectivity index (χ1v) is 7.85. The van der Waals surface area contributed by atoms with Crippen molar-refractivity contribution in [1.29, 1.82) is 0 Å². The second-order valence-electron chi connectivity index (χ2n) is 6.87. The zero-order valence-corrected chi connectivity index (χ0v) is 11.8. The highest BCUT2D eigenvalue weighted by molar-refractivity contribution is 5.64. The minimum absolute atomic E-state index is 0.138. The quantitative estimate of drug-likeness (QED) is 0.774. The van der Waals surface area contributed by atoms with Crippen molar-refractivity contribution in [2.24, 2.45) is 11.8 Å². The lowest BCUT2D eigenvalue weighted by molar-refractivity contribution is 0.325. The van der Waals surface area contributed by atoms with E-state index in [1.165, 1.54) is 24.0 Å². The summed E-state index contributed by atoms with van der Waals surface area (Å²) in [6.07, 6.45) is 4.47. The van der Waals surface area contributed by atoms with Crippen LogP contribution in [-0.2, 0) is 18.3 Å². The van der Waals surface area contributed by atoms with Crippen molar-refractivity contribution in [3.8, 4) is 11.5 Å². The van der Waals surface area contributed by atoms with Gasteiger partial charge in [0.25, 0.3) is 0 Å². The molecule has 2 aromatic rings. The molecule has 0 bridgehead atoms. The van der Waals surface area contributed by atoms with E-state index in [2.05, 4.69) is 12.1 Å². The molecule has 1 spiro atoms. The molecule has 0 amide bonds. The van der Waals surface area contributed by atoms with Crippen molar-refractivity contribution in [2.75, 3.05) is 0 Å². The van der Waals surface area contributed by atoms with Gasteiger partial charge < -0.3 is 10.2 Å². The fourth-order valence-electron chi connectivity index (χ4n) is 5.66. The molecule has 21 heavy (non-hydrogen) atoms. The molecule has 2 N–H and O–H groups in total. The summed E-state index contributed by atoms with van der Waals surface area (Å²) >= 11 is 0. The summed E-state index contributed by atoms with van der Waals surface area (Å²) in [6.45, 7) is 0. The maximum atomic E-state index is 10.6. The second-order valence-corrected chi connectivity index (χ2v) is 6.87. The number of phenols is 2. The van der Waals surface area contributed by atoms with Crippen LogP contribution in [0.25, 0.3) is 0 Å². The molecule has 5 rings (SSSR count). The van der Waals surface area contributed by atoms with Crippen LogP contribution in [0.3, 0.4) is 0 Å². The van der Waals surface area contributed by atoms with E-state index in [1.807, 2.05) is 24.3 Å². The molecule has 0 radical (unpaired) electrons. The van der Waals surface area contributed by atoms with Crippen LogP contribution in [0.5, 0.6) is 11.5 Å². The minimum Gasteiger partial charge on any atom is -0.508 e. The normalized spacial score (nSPS) is 31.6. The van der Waals surface area contributed by atoms with Crippen molar-refractivity contribution >= 4 is 0 Å². The van der Waals surface area contributed by atoms with Crippen LogP contribution in [-0.4, -0.2) is 10.2 Å². The fourth-order valence-corrected chi connectivity index (χ4v) is 5.66. The maximum absolute atomic E-state index is 10.6. The van der Waals surface area contributed by atoms with Crippen LogP contribution in [0.1, 0.15) is 35.1 Å². The zero-order valence-electron chi connectivity index (χ0n) is 11.8. The molecule has 2 atom stereocenters. The van der Waals surface area contributed by atoms with Gasteiger partial charge in [-0.05, 0) is 60.8 Å². The van der Waals surface area contributed by atoms with Gasteiger partial charge in [0.15, 0.2) is 0 Å². The van der Waals surface area contributed by atoms with E-state index in [1.54, 1.807) is 0 Å². The van der Waals surface area contributed by atoms with Crippen molar-refractivity contribution in [3.05, 3.63) is 58.7 Å². The molecular weight excluding hydrogens is 260 g/mol. The summed E-state index contributed by atoms with van der Waals surface area (Å²) in [7, 11) is 0. The Morgan fingerprint density at radius 1 is 0.762 bits per heavy atom. The van der Waals surface area contributed by atoms with Gasteiger partial charge in [-0.15, -0.1) is 0 Å². The van der Waals surface area contributed by atoms with Gasteiger partial charge in [-0.3, -0.25) is 0 Å². The Labute approximate surface area is 124 Å². The third-order valence-corrected chi connectivity index (χ3v) is 6.17. The molecule has 0 saturated heterocycles. The van der Waals surface area contributed by atoms with Gasteiger partial charge in [-0.25, -0.2) is 0 Å². The Kier molecular flexibility index (Phi) is 2.01. The lowest BCUT2D eigenvalue weighted by Crippen LogP contribution is -2.32. The Bertz CT molecular complexity index is 697. The van der Waals surface area contributed by atoms with Crippen LogP contribution in [0.2, 0.25) is 0 Å². The predicted molar refractivity (Wildman–Crippen MR) is 80.6 cm³/mol. The van der Waals surface area contributed by atoms with Crippen molar-refractivity contribution < 1.29 is 10.2 Å². The maximum Gasteiger partial charge on any atom is 0.119 e. The van der Waals surface area contributed by atoms with Crippen LogP contribution >= 0.6 is 0 Å². The molecule has 0 aliphatic heterocycles. The average molecular weight is 278 g/mol. The summed E-state index contributed by atoms with van der Waals surface area (Å²) < 4.78 is 0. The van der Waals surface area contributed by atoms with E-state index in [0.29, 0.717) is 23.3 Å². The highest BCUT2D eigenvalue weighted by Gasteiger charge is 2.61. The molecule has 0 aromatic heterocycles. The SMILES string of the molecule is Oc1cccc2c1C13c4c(O)cccc4CC1CCC3C2. The third-order valence-electron chi connectivity index (χ3n) is 6.17. The molecule has 1 saturated carbocycles. The van der Waals surface area contributed by atoms with E-state index in [9.17, 15) is 10.2 Å². The van der Waals surface area contributed by atoms with Crippen LogP contribution in [0.4, 0.5) is 0 Å². The molecule has 2 unspecified atom stereocenters. The number of phenolic OH excluding ortho intramolecular Hbond substituents is 2. The molecule has 3 aliphatic carbocycles. The van der Waals surface area contributed by atoms with Crippen molar-refractivity contribution in [3.63, 3.8) is 0 Å². The standard InChI is InChI=1S/C19H18O2/c20-15-5-1-3-11-9-13-7-8-14-10-12-4-2-6-16(21)18(12)19(13,14)17(11)15/h1-6,13-14,20-21H,7-10H2. The Balaban J connectivity index is 1.90. The first-order chi connectivity index (χ1) is 10.2. The number of hydrogen-bond donors (Lipinski definition) is 2. The number of benzene rings is 2. The van der Waals surface area contributed by atoms with Crippen LogP contribution in [0.15, 0.2) is 36.4 Å². The topological polar surface area (TPSA) is 40.5 Å². The van der Waals surface area contributed by atoms with E-state index in [-0.39, 0.29) is 5.41 Å². The van der Waals surface area contributed by atoms with E-state index in [0.717, 1.165) is 24.0 Å². The highest BCUT2D eigenvalue weighted by Crippen LogP contribution is 2.67. The van der Waals surface area contributed by atoms with E-state index < -0.39 is 0 Å². The van der Waals surface area contributed by atoms with Gasteiger partial charge in [0.2, 0.25) is 0 Å². The molecule has 2 aromatic carbocycles. The monoisotopic (exact) mass is 278 g/mol. The Morgan fingerprint density at radius 3 is 1.71 bits per heavy atom. The first kappa shape index (κ1) is 11.7. The van der Waals surface area contributed by atoms with Gasteiger partial charge in [0.1, 0.15) is 11.5 Å². The van der Waals surface area contributed by atoms with E-state index >= 15 is 0 Å². The predicted octanol–water partition coefficient (Wildman–Crippen LogP) is 3.52. The zero-order chi connectivity index (χ0) is 14.2. The summed E-state index contributed by atoms with van der Waals surface area (Å²) in [5, 5.41) is 21.1. The summed E-state index contributed by atoms with van der Waals surface area (Å²) in [6, 6.07) is 11.8. The highest BCUT2D eigenvalue weighted by atomic mass is 16.3. The number of aromatic hydroxyl groups is 2. The summed E-state index contributed by atoms with van der Waals surface area (Å²) in [5.41, 5.74) is 4.64. The fraction of sp³-hybridized carbons (Fsp3) is 0.368. The average Bonchev–Trinajstić information content (AvgIpc) is 3.05. The lowest BCUT2D eigenvalue weighted by atomic mass is 9.69. The summed E-state index contributed by atoms with van der Waals surface area (Å²) in [5.74, 6) is 1.89. The molecule has 2 heteroatoms. The number of rotatable bonds is 0. The minimum atomic E-state index is -0.138. The van der Waals surface area contributed by atoms with E-state index in [4.69, 9.17) is 0 Å². The van der Waals surface area contributed by atoms with Gasteiger partial charge in [0.05, 0.1) is 0 Å².